The van der Waals surface area contributed by atoms with Crippen LogP contribution in [0.1, 0.15) is 17.8 Å². The molecular formula is C9H12BrF2NOS. The minimum atomic E-state index is -2.69. The summed E-state index contributed by atoms with van der Waals surface area (Å²) in [4.78, 5) is 1.04. The van der Waals surface area contributed by atoms with Crippen LogP contribution in [0.5, 0.6) is 0 Å². The first-order valence-electron chi connectivity index (χ1n) is 4.45. The van der Waals surface area contributed by atoms with Gasteiger partial charge < -0.3 is 10.4 Å². The number of hydrogen-bond donors (Lipinski definition) is 2. The molecule has 0 bridgehead atoms. The third kappa shape index (κ3) is 4.14. The van der Waals surface area contributed by atoms with Crippen LogP contribution in [0.2, 0.25) is 0 Å². The second-order valence-electron chi connectivity index (χ2n) is 3.17. The fourth-order valence-corrected chi connectivity index (χ4v) is 2.50. The lowest BCUT2D eigenvalue weighted by Crippen LogP contribution is -2.33. The molecule has 1 rings (SSSR count). The van der Waals surface area contributed by atoms with Gasteiger partial charge in [0.2, 0.25) is 0 Å². The van der Waals surface area contributed by atoms with Gasteiger partial charge in [0, 0.05) is 17.5 Å². The smallest absolute Gasteiger partial charge is 0.265 e. The van der Waals surface area contributed by atoms with Crippen molar-refractivity contribution in [2.45, 2.75) is 25.5 Å². The number of alkyl halides is 2. The lowest BCUT2D eigenvalue weighted by Gasteiger charge is -2.15. The van der Waals surface area contributed by atoms with Crippen molar-refractivity contribution in [3.63, 3.8) is 0 Å². The van der Waals surface area contributed by atoms with Crippen molar-refractivity contribution in [1.29, 1.82) is 0 Å². The third-order valence-electron chi connectivity index (χ3n) is 1.94. The molecule has 0 spiro atoms. The first kappa shape index (κ1) is 13.0. The molecule has 1 aromatic rings. The highest BCUT2D eigenvalue weighted by molar-refractivity contribution is 9.11. The van der Waals surface area contributed by atoms with Gasteiger partial charge in [-0.05, 0) is 35.0 Å². The number of hydrogen-bond acceptors (Lipinski definition) is 3. The Kier molecular flexibility index (Phi) is 5.11. The molecule has 86 valence electrons. The molecule has 1 aromatic heterocycles. The average Bonchev–Trinajstić information content (AvgIpc) is 2.60. The molecule has 0 saturated heterocycles. The molecule has 0 amide bonds. The Hall–Kier alpha value is -0.0400. The van der Waals surface area contributed by atoms with Gasteiger partial charge in [-0.1, -0.05) is 0 Å². The number of aliphatic hydroxyl groups is 1. The molecule has 2 N–H and O–H groups in total. The zero-order valence-electron chi connectivity index (χ0n) is 8.08. The van der Waals surface area contributed by atoms with E-state index in [0.717, 1.165) is 8.66 Å². The van der Waals surface area contributed by atoms with Crippen molar-refractivity contribution in [2.75, 3.05) is 6.54 Å². The number of halogens is 3. The standard InChI is InChI=1S/C9H12BrF2NOS/c1-5(7-2-3-8(10)15-7)13-4-6(14)9(11)12/h2-3,5-6,9,13-14H,4H2,1H3. The van der Waals surface area contributed by atoms with E-state index in [1.54, 1.807) is 11.3 Å². The van der Waals surface area contributed by atoms with Gasteiger partial charge in [-0.3, -0.25) is 0 Å². The Morgan fingerprint density at radius 3 is 2.67 bits per heavy atom. The molecule has 0 radical (unpaired) electrons. The Morgan fingerprint density at radius 1 is 1.53 bits per heavy atom. The maximum Gasteiger partial charge on any atom is 0.265 e. The first-order valence-corrected chi connectivity index (χ1v) is 6.06. The molecule has 0 aliphatic heterocycles. The minimum Gasteiger partial charge on any atom is -0.386 e. The second kappa shape index (κ2) is 5.89. The van der Waals surface area contributed by atoms with Crippen molar-refractivity contribution in [3.8, 4) is 0 Å². The second-order valence-corrected chi connectivity index (χ2v) is 5.67. The molecule has 2 nitrogen and oxygen atoms in total. The quantitative estimate of drug-likeness (QED) is 0.876. The van der Waals surface area contributed by atoms with Gasteiger partial charge in [-0.25, -0.2) is 8.78 Å². The van der Waals surface area contributed by atoms with E-state index in [1.807, 2.05) is 19.1 Å². The fourth-order valence-electron chi connectivity index (χ4n) is 1.05. The molecule has 0 aromatic carbocycles. The van der Waals surface area contributed by atoms with Gasteiger partial charge in [0.15, 0.2) is 0 Å². The molecular weight excluding hydrogens is 288 g/mol. The lowest BCUT2D eigenvalue weighted by atomic mass is 10.2. The normalized spacial score (nSPS) is 15.6. The molecule has 6 heteroatoms. The van der Waals surface area contributed by atoms with Gasteiger partial charge in [0.1, 0.15) is 6.10 Å². The highest BCUT2D eigenvalue weighted by atomic mass is 79.9. The summed E-state index contributed by atoms with van der Waals surface area (Å²) in [7, 11) is 0. The van der Waals surface area contributed by atoms with Crippen LogP contribution >= 0.6 is 27.3 Å². The molecule has 2 unspecified atom stereocenters. The van der Waals surface area contributed by atoms with Gasteiger partial charge in [-0.15, -0.1) is 11.3 Å². The van der Waals surface area contributed by atoms with Crippen LogP contribution in [-0.2, 0) is 0 Å². The van der Waals surface area contributed by atoms with Crippen LogP contribution in [0, 0.1) is 0 Å². The molecule has 0 aliphatic carbocycles. The Morgan fingerprint density at radius 2 is 2.20 bits per heavy atom. The third-order valence-corrected chi connectivity index (χ3v) is 3.75. The summed E-state index contributed by atoms with van der Waals surface area (Å²) in [5, 5.41) is 11.8. The molecule has 15 heavy (non-hydrogen) atoms. The summed E-state index contributed by atoms with van der Waals surface area (Å²) < 4.78 is 25.0. The zero-order valence-corrected chi connectivity index (χ0v) is 10.5. The van der Waals surface area contributed by atoms with Crippen LogP contribution in [0.3, 0.4) is 0 Å². The van der Waals surface area contributed by atoms with Gasteiger partial charge in [0.25, 0.3) is 6.43 Å². The van der Waals surface area contributed by atoms with Gasteiger partial charge in [-0.2, -0.15) is 0 Å². The van der Waals surface area contributed by atoms with E-state index in [9.17, 15) is 8.78 Å². The van der Waals surface area contributed by atoms with E-state index in [1.165, 1.54) is 0 Å². The summed E-state index contributed by atoms with van der Waals surface area (Å²) in [6, 6.07) is 3.79. The maximum absolute atomic E-state index is 12.0. The van der Waals surface area contributed by atoms with E-state index in [-0.39, 0.29) is 12.6 Å². The first-order chi connectivity index (χ1) is 7.00. The number of nitrogens with one attached hydrogen (secondary N) is 1. The van der Waals surface area contributed by atoms with E-state index in [0.29, 0.717) is 0 Å². The SMILES string of the molecule is CC(NCC(O)C(F)F)c1ccc(Br)s1. The molecule has 2 atom stereocenters. The van der Waals surface area contributed by atoms with Gasteiger partial charge in [0.05, 0.1) is 3.79 Å². The Balaban J connectivity index is 2.39. The van der Waals surface area contributed by atoms with Crippen molar-refractivity contribution < 1.29 is 13.9 Å². The highest BCUT2D eigenvalue weighted by Crippen LogP contribution is 2.26. The molecule has 0 fully saturated rings. The van der Waals surface area contributed by atoms with Crippen molar-refractivity contribution in [1.82, 2.24) is 5.32 Å². The summed E-state index contributed by atoms with van der Waals surface area (Å²) >= 11 is 4.87. The van der Waals surface area contributed by atoms with Crippen LogP contribution < -0.4 is 5.32 Å². The lowest BCUT2D eigenvalue weighted by molar-refractivity contribution is -0.00434. The summed E-state index contributed by atoms with van der Waals surface area (Å²) in [5.41, 5.74) is 0. The summed E-state index contributed by atoms with van der Waals surface area (Å²) in [5.74, 6) is 0. The van der Waals surface area contributed by atoms with Crippen molar-refractivity contribution >= 4 is 27.3 Å². The monoisotopic (exact) mass is 299 g/mol. The fraction of sp³-hybridized carbons (Fsp3) is 0.556. The molecule has 1 heterocycles. The average molecular weight is 300 g/mol. The van der Waals surface area contributed by atoms with E-state index in [4.69, 9.17) is 5.11 Å². The number of rotatable bonds is 5. The topological polar surface area (TPSA) is 32.3 Å². The van der Waals surface area contributed by atoms with Crippen LogP contribution in [0.25, 0.3) is 0 Å². The number of thiophene rings is 1. The number of aliphatic hydroxyl groups excluding tert-OH is 1. The predicted molar refractivity (Wildman–Crippen MR) is 60.4 cm³/mol. The molecule has 0 aliphatic rings. The Bertz CT molecular complexity index is 308. The summed E-state index contributed by atoms with van der Waals surface area (Å²) in [6.07, 6.45) is -4.30. The predicted octanol–water partition coefficient (Wildman–Crippen LogP) is 2.79. The van der Waals surface area contributed by atoms with E-state index < -0.39 is 12.5 Å². The van der Waals surface area contributed by atoms with E-state index in [2.05, 4.69) is 21.2 Å². The highest BCUT2D eigenvalue weighted by Gasteiger charge is 2.17. The largest absolute Gasteiger partial charge is 0.386 e. The Labute approximate surface area is 99.4 Å². The zero-order chi connectivity index (χ0) is 11.4. The summed E-state index contributed by atoms with van der Waals surface area (Å²) in [6.45, 7) is 1.77. The van der Waals surface area contributed by atoms with Crippen LogP contribution in [0.4, 0.5) is 8.78 Å². The van der Waals surface area contributed by atoms with E-state index >= 15 is 0 Å². The van der Waals surface area contributed by atoms with Crippen molar-refractivity contribution in [3.05, 3.63) is 20.8 Å². The van der Waals surface area contributed by atoms with Crippen LogP contribution in [0.15, 0.2) is 15.9 Å². The van der Waals surface area contributed by atoms with Gasteiger partial charge >= 0.3 is 0 Å². The van der Waals surface area contributed by atoms with Crippen molar-refractivity contribution in [2.24, 2.45) is 0 Å². The minimum absolute atomic E-state index is 0.0327. The molecule has 0 saturated carbocycles. The maximum atomic E-state index is 12.0. The van der Waals surface area contributed by atoms with Crippen LogP contribution in [-0.4, -0.2) is 24.2 Å².